The van der Waals surface area contributed by atoms with Gasteiger partial charge in [0.1, 0.15) is 0 Å². The molecular formula is C22H29N3O4S. The van der Waals surface area contributed by atoms with Gasteiger partial charge >= 0.3 is 0 Å². The lowest BCUT2D eigenvalue weighted by molar-refractivity contribution is 0.294. The molecule has 0 spiro atoms. The first-order valence-electron chi connectivity index (χ1n) is 9.73. The van der Waals surface area contributed by atoms with Crippen molar-refractivity contribution >= 4 is 10.1 Å². The van der Waals surface area contributed by atoms with E-state index in [2.05, 4.69) is 36.4 Å². The lowest BCUT2D eigenvalue weighted by atomic mass is 10.1. The minimum absolute atomic E-state index is 0.497. The third-order valence-electron chi connectivity index (χ3n) is 3.90. The molecule has 0 radical (unpaired) electrons. The number of aromatic nitrogens is 2. The maximum absolute atomic E-state index is 9.19. The number of hydrogen-bond donors (Lipinski definition) is 2. The molecule has 0 atom stereocenters. The van der Waals surface area contributed by atoms with Gasteiger partial charge in [0, 0.05) is 12.2 Å². The predicted molar refractivity (Wildman–Crippen MR) is 120 cm³/mol. The lowest BCUT2D eigenvalue weighted by Crippen LogP contribution is -2.24. The van der Waals surface area contributed by atoms with Crippen molar-refractivity contribution in [2.45, 2.75) is 26.3 Å². The molecule has 0 fully saturated rings. The van der Waals surface area contributed by atoms with Crippen molar-refractivity contribution in [2.24, 2.45) is 0 Å². The first-order chi connectivity index (χ1) is 14.2. The molecule has 0 amide bonds. The van der Waals surface area contributed by atoms with Crippen LogP contribution in [0, 0.1) is 0 Å². The fraction of sp³-hybridized carbons (Fsp3) is 0.318. The van der Waals surface area contributed by atoms with Crippen molar-refractivity contribution in [3.05, 3.63) is 66.9 Å². The number of benzene rings is 2. The van der Waals surface area contributed by atoms with Crippen LogP contribution in [-0.4, -0.2) is 48.2 Å². The van der Waals surface area contributed by atoms with Gasteiger partial charge in [-0.15, -0.1) is 5.10 Å². The standard InChI is InChI=1S/C21H25N3O.CH4O3S/c1-17(2)22-14-9-15-25-21-20(18-10-5-3-6-11-18)16-24(23-21)19-12-7-4-8-13-19;1-5(2,3)4/h3-8,10-13,16-17,22H,9,14-15H2,1-2H3;1H3,(H,2,3,4). The Labute approximate surface area is 178 Å². The molecule has 0 aliphatic rings. The van der Waals surface area contributed by atoms with E-state index in [9.17, 15) is 8.42 Å². The summed E-state index contributed by atoms with van der Waals surface area (Å²) in [7, 11) is -3.67. The summed E-state index contributed by atoms with van der Waals surface area (Å²) < 4.78 is 33.8. The Kier molecular flexibility index (Phi) is 9.04. The molecule has 0 saturated carbocycles. The highest BCUT2D eigenvalue weighted by Crippen LogP contribution is 2.30. The van der Waals surface area contributed by atoms with Crippen molar-refractivity contribution in [1.82, 2.24) is 15.1 Å². The normalized spacial score (nSPS) is 11.1. The van der Waals surface area contributed by atoms with Gasteiger partial charge in [0.15, 0.2) is 0 Å². The molecule has 0 unspecified atom stereocenters. The van der Waals surface area contributed by atoms with Crippen LogP contribution in [0.1, 0.15) is 20.3 Å². The number of nitrogens with one attached hydrogen (secondary N) is 1. The fourth-order valence-electron chi connectivity index (χ4n) is 2.63. The second kappa shape index (κ2) is 11.5. The summed E-state index contributed by atoms with van der Waals surface area (Å²) >= 11 is 0. The van der Waals surface area contributed by atoms with Crippen molar-refractivity contribution in [3.8, 4) is 22.7 Å². The van der Waals surface area contributed by atoms with Crippen LogP contribution in [0.5, 0.6) is 5.88 Å². The van der Waals surface area contributed by atoms with Gasteiger partial charge in [-0.2, -0.15) is 8.42 Å². The van der Waals surface area contributed by atoms with Crippen LogP contribution in [0.25, 0.3) is 16.8 Å². The molecule has 3 rings (SSSR count). The highest BCUT2D eigenvalue weighted by Gasteiger charge is 2.13. The van der Waals surface area contributed by atoms with Gasteiger partial charge in [-0.1, -0.05) is 62.4 Å². The molecule has 7 nitrogen and oxygen atoms in total. The Balaban J connectivity index is 0.000000575. The topological polar surface area (TPSA) is 93.5 Å². The smallest absolute Gasteiger partial charge is 0.261 e. The maximum atomic E-state index is 9.19. The third kappa shape index (κ3) is 8.77. The number of nitrogens with zero attached hydrogens (tertiary/aromatic N) is 2. The highest BCUT2D eigenvalue weighted by molar-refractivity contribution is 7.85. The highest BCUT2D eigenvalue weighted by atomic mass is 32.2. The van der Waals surface area contributed by atoms with E-state index in [0.717, 1.165) is 29.8 Å². The molecule has 0 bridgehead atoms. The van der Waals surface area contributed by atoms with E-state index in [-0.39, 0.29) is 0 Å². The summed E-state index contributed by atoms with van der Waals surface area (Å²) in [5.41, 5.74) is 3.15. The van der Waals surface area contributed by atoms with Crippen molar-refractivity contribution < 1.29 is 17.7 Å². The monoisotopic (exact) mass is 431 g/mol. The van der Waals surface area contributed by atoms with Crippen LogP contribution in [0.3, 0.4) is 0 Å². The SMILES string of the molecule is CC(C)NCCCOc1nn(-c2ccccc2)cc1-c1ccccc1.CS(=O)(=O)O. The van der Waals surface area contributed by atoms with Gasteiger partial charge in [0.25, 0.3) is 10.1 Å². The van der Waals surface area contributed by atoms with E-state index in [0.29, 0.717) is 24.8 Å². The summed E-state index contributed by atoms with van der Waals surface area (Å²) in [6, 6.07) is 20.9. The average Bonchev–Trinajstić information content (AvgIpc) is 3.12. The molecule has 2 aromatic carbocycles. The van der Waals surface area contributed by atoms with E-state index in [4.69, 9.17) is 9.29 Å². The minimum Gasteiger partial charge on any atom is -0.476 e. The minimum atomic E-state index is -3.67. The first-order valence-corrected chi connectivity index (χ1v) is 11.6. The molecular weight excluding hydrogens is 402 g/mol. The summed E-state index contributed by atoms with van der Waals surface area (Å²) in [5.74, 6) is 0.680. The zero-order valence-electron chi connectivity index (χ0n) is 17.5. The first kappa shape index (κ1) is 23.6. The average molecular weight is 432 g/mol. The number of rotatable bonds is 8. The second-order valence-corrected chi connectivity index (χ2v) is 8.50. The maximum Gasteiger partial charge on any atom is 0.261 e. The molecule has 2 N–H and O–H groups in total. The summed E-state index contributed by atoms with van der Waals surface area (Å²) in [6.45, 7) is 5.88. The van der Waals surface area contributed by atoms with Crippen molar-refractivity contribution in [3.63, 3.8) is 0 Å². The quantitative estimate of drug-likeness (QED) is 0.416. The molecule has 0 aliphatic heterocycles. The molecule has 1 heterocycles. The summed E-state index contributed by atoms with van der Waals surface area (Å²) in [5, 5.41) is 8.07. The Morgan fingerprint density at radius 2 is 1.63 bits per heavy atom. The van der Waals surface area contributed by atoms with E-state index < -0.39 is 10.1 Å². The van der Waals surface area contributed by atoms with Crippen LogP contribution in [-0.2, 0) is 10.1 Å². The molecule has 30 heavy (non-hydrogen) atoms. The molecule has 8 heteroatoms. The Bertz CT molecular complexity index is 980. The second-order valence-electron chi connectivity index (χ2n) is 7.04. The fourth-order valence-corrected chi connectivity index (χ4v) is 2.63. The van der Waals surface area contributed by atoms with Gasteiger partial charge in [-0.3, -0.25) is 4.55 Å². The van der Waals surface area contributed by atoms with Crippen molar-refractivity contribution in [1.29, 1.82) is 0 Å². The number of para-hydroxylation sites is 1. The molecule has 3 aromatic rings. The van der Waals surface area contributed by atoms with Gasteiger partial charge < -0.3 is 10.1 Å². The lowest BCUT2D eigenvalue weighted by Gasteiger charge is -2.09. The Morgan fingerprint density at radius 1 is 1.07 bits per heavy atom. The van der Waals surface area contributed by atoms with E-state index >= 15 is 0 Å². The van der Waals surface area contributed by atoms with Crippen LogP contribution < -0.4 is 10.1 Å². The zero-order chi connectivity index (χ0) is 22.0. The molecule has 0 saturated heterocycles. The number of ether oxygens (including phenoxy) is 1. The van der Waals surface area contributed by atoms with Crippen molar-refractivity contribution in [2.75, 3.05) is 19.4 Å². The summed E-state index contributed by atoms with van der Waals surface area (Å²) in [6.07, 6.45) is 3.70. The van der Waals surface area contributed by atoms with Gasteiger partial charge in [-0.25, -0.2) is 4.68 Å². The van der Waals surface area contributed by atoms with Crippen LogP contribution in [0.2, 0.25) is 0 Å². The largest absolute Gasteiger partial charge is 0.476 e. The van der Waals surface area contributed by atoms with Crippen LogP contribution in [0.4, 0.5) is 0 Å². The zero-order valence-corrected chi connectivity index (χ0v) is 18.3. The summed E-state index contributed by atoms with van der Waals surface area (Å²) in [4.78, 5) is 0. The Hall–Kier alpha value is -2.68. The molecule has 0 aliphatic carbocycles. The molecule has 1 aromatic heterocycles. The van der Waals surface area contributed by atoms with Crippen LogP contribution in [0.15, 0.2) is 66.9 Å². The third-order valence-corrected chi connectivity index (χ3v) is 3.90. The van der Waals surface area contributed by atoms with E-state index in [1.807, 2.05) is 59.4 Å². The van der Waals surface area contributed by atoms with Crippen LogP contribution >= 0.6 is 0 Å². The van der Waals surface area contributed by atoms with Gasteiger partial charge in [-0.05, 0) is 30.7 Å². The van der Waals surface area contributed by atoms with E-state index in [1.165, 1.54) is 0 Å². The van der Waals surface area contributed by atoms with Gasteiger partial charge in [0.05, 0.1) is 24.1 Å². The number of hydrogen-bond acceptors (Lipinski definition) is 5. The predicted octanol–water partition coefficient (Wildman–Crippen LogP) is 3.81. The van der Waals surface area contributed by atoms with E-state index in [1.54, 1.807) is 0 Å². The molecule has 162 valence electrons. The van der Waals surface area contributed by atoms with Gasteiger partial charge in [0.2, 0.25) is 5.88 Å². The Morgan fingerprint density at radius 3 is 2.20 bits per heavy atom.